The van der Waals surface area contributed by atoms with Gasteiger partial charge in [-0.25, -0.2) is 0 Å². The third-order valence-electron chi connectivity index (χ3n) is 7.71. The molecule has 1 heteroatoms. The molecule has 0 aromatic rings. The van der Waals surface area contributed by atoms with Crippen molar-refractivity contribution >= 4 is 0 Å². The Kier molecular flexibility index (Phi) is 20.5. The van der Waals surface area contributed by atoms with Gasteiger partial charge in [-0.15, -0.1) is 0 Å². The normalized spacial score (nSPS) is 16.9. The van der Waals surface area contributed by atoms with Crippen LogP contribution in [0.5, 0.6) is 0 Å². The number of hydrogen-bond acceptors (Lipinski definition) is 1. The Balaban J connectivity index is 3.55. The lowest BCUT2D eigenvalue weighted by molar-refractivity contribution is 0.368. The molecular weight excluding hydrogens is 374 g/mol. The fraction of sp³-hybridized carbons (Fsp3) is 1.00. The van der Waals surface area contributed by atoms with Gasteiger partial charge in [0.05, 0.1) is 0 Å². The molecule has 0 radical (unpaired) electrons. The molecule has 0 saturated carbocycles. The van der Waals surface area contributed by atoms with E-state index in [0.29, 0.717) is 5.92 Å². The molecule has 188 valence electrons. The summed E-state index contributed by atoms with van der Waals surface area (Å²) in [6, 6.07) is 0. The summed E-state index contributed by atoms with van der Waals surface area (Å²) in [5.41, 5.74) is 5.72. The maximum absolute atomic E-state index is 5.72. The van der Waals surface area contributed by atoms with Gasteiger partial charge in [-0.2, -0.15) is 0 Å². The molecule has 5 atom stereocenters. The van der Waals surface area contributed by atoms with Crippen LogP contribution in [0.4, 0.5) is 0 Å². The largest absolute Gasteiger partial charge is 0.330 e. The van der Waals surface area contributed by atoms with E-state index in [1.54, 1.807) is 0 Å². The van der Waals surface area contributed by atoms with Crippen molar-refractivity contribution in [3.63, 3.8) is 0 Å². The molecule has 0 spiro atoms. The maximum atomic E-state index is 5.72. The van der Waals surface area contributed by atoms with Gasteiger partial charge in [-0.05, 0) is 48.5 Å². The zero-order chi connectivity index (χ0) is 23.5. The zero-order valence-electron chi connectivity index (χ0n) is 23.1. The molecule has 0 amide bonds. The van der Waals surface area contributed by atoms with Gasteiger partial charge >= 0.3 is 0 Å². The predicted molar refractivity (Wildman–Crippen MR) is 144 cm³/mol. The Labute approximate surface area is 199 Å². The minimum atomic E-state index is 0.707. The van der Waals surface area contributed by atoms with E-state index in [9.17, 15) is 0 Å². The molecule has 0 fully saturated rings. The van der Waals surface area contributed by atoms with Crippen molar-refractivity contribution in [1.82, 2.24) is 0 Å². The lowest BCUT2D eigenvalue weighted by atomic mass is 9.90. The third-order valence-corrected chi connectivity index (χ3v) is 7.71. The lowest BCUT2D eigenvalue weighted by Crippen LogP contribution is -2.10. The molecule has 0 aromatic carbocycles. The molecule has 0 aromatic heterocycles. The van der Waals surface area contributed by atoms with Crippen LogP contribution in [0, 0.1) is 35.5 Å². The monoisotopic (exact) mass is 437 g/mol. The summed E-state index contributed by atoms with van der Waals surface area (Å²) in [6.07, 6.45) is 22.8. The summed E-state index contributed by atoms with van der Waals surface area (Å²) >= 11 is 0. The topological polar surface area (TPSA) is 26.0 Å². The highest BCUT2D eigenvalue weighted by Crippen LogP contribution is 2.24. The Hall–Kier alpha value is -0.0400. The molecular formula is C30H63N. The predicted octanol–water partition coefficient (Wildman–Crippen LogP) is 10.0. The van der Waals surface area contributed by atoms with Crippen molar-refractivity contribution in [2.45, 2.75) is 151 Å². The van der Waals surface area contributed by atoms with Crippen LogP contribution in [-0.4, -0.2) is 6.54 Å². The molecule has 31 heavy (non-hydrogen) atoms. The van der Waals surface area contributed by atoms with Crippen molar-refractivity contribution in [2.75, 3.05) is 6.54 Å². The summed E-state index contributed by atoms with van der Waals surface area (Å²) in [7, 11) is 0. The van der Waals surface area contributed by atoms with Crippen LogP contribution >= 0.6 is 0 Å². The summed E-state index contributed by atoms with van der Waals surface area (Å²) in [5.74, 6) is 5.27. The minimum absolute atomic E-state index is 0.707. The molecule has 0 saturated heterocycles. The molecule has 0 rings (SSSR count). The highest BCUT2D eigenvalue weighted by molar-refractivity contribution is 4.62. The molecule has 0 aliphatic heterocycles. The molecule has 2 N–H and O–H groups in total. The molecule has 0 heterocycles. The van der Waals surface area contributed by atoms with Gasteiger partial charge in [0.1, 0.15) is 0 Å². The average molecular weight is 438 g/mol. The highest BCUT2D eigenvalue weighted by Gasteiger charge is 2.09. The first-order chi connectivity index (χ1) is 14.7. The van der Waals surface area contributed by atoms with E-state index in [0.717, 1.165) is 36.1 Å². The van der Waals surface area contributed by atoms with Crippen LogP contribution in [-0.2, 0) is 0 Å². The van der Waals surface area contributed by atoms with E-state index in [-0.39, 0.29) is 0 Å². The van der Waals surface area contributed by atoms with Crippen molar-refractivity contribution in [3.05, 3.63) is 0 Å². The van der Waals surface area contributed by atoms with Gasteiger partial charge < -0.3 is 5.73 Å². The second-order valence-corrected chi connectivity index (χ2v) is 12.2. The van der Waals surface area contributed by atoms with Gasteiger partial charge in [0.25, 0.3) is 0 Å². The van der Waals surface area contributed by atoms with Gasteiger partial charge in [-0.3, -0.25) is 0 Å². The molecule has 1 nitrogen and oxygen atoms in total. The van der Waals surface area contributed by atoms with E-state index in [2.05, 4.69) is 48.5 Å². The first-order valence-corrected chi connectivity index (χ1v) is 14.4. The van der Waals surface area contributed by atoms with E-state index in [1.807, 2.05) is 0 Å². The van der Waals surface area contributed by atoms with Gasteiger partial charge in [-0.1, -0.05) is 145 Å². The number of nitrogens with two attached hydrogens (primary N) is 1. The van der Waals surface area contributed by atoms with E-state index >= 15 is 0 Å². The first-order valence-electron chi connectivity index (χ1n) is 14.4. The van der Waals surface area contributed by atoms with Crippen LogP contribution in [0.25, 0.3) is 0 Å². The smallest absolute Gasteiger partial charge is 0.00515 e. The molecule has 0 aliphatic carbocycles. The van der Waals surface area contributed by atoms with Crippen LogP contribution in [0.1, 0.15) is 151 Å². The quantitative estimate of drug-likeness (QED) is 0.167. The van der Waals surface area contributed by atoms with Crippen molar-refractivity contribution < 1.29 is 0 Å². The van der Waals surface area contributed by atoms with Crippen LogP contribution in [0.3, 0.4) is 0 Å². The van der Waals surface area contributed by atoms with Crippen LogP contribution in [0.2, 0.25) is 0 Å². The second-order valence-electron chi connectivity index (χ2n) is 12.2. The van der Waals surface area contributed by atoms with Crippen molar-refractivity contribution in [2.24, 2.45) is 41.2 Å². The van der Waals surface area contributed by atoms with E-state index < -0.39 is 0 Å². The SMILES string of the molecule is CC(C)CCCC(C)CCCC(C)CCCCC(C)CCCC(C)CCCC(C)CN. The number of unbranched alkanes of at least 4 members (excludes halogenated alkanes) is 1. The zero-order valence-corrected chi connectivity index (χ0v) is 23.1. The minimum Gasteiger partial charge on any atom is -0.330 e. The Bertz CT molecular complexity index is 363. The van der Waals surface area contributed by atoms with Crippen LogP contribution in [0.15, 0.2) is 0 Å². The number of hydrogen-bond donors (Lipinski definition) is 1. The second kappa shape index (κ2) is 20.6. The average Bonchev–Trinajstić information content (AvgIpc) is 2.70. The standard InChI is InChI=1S/C30H63N/c1-25(2)14-10-17-28(5)20-11-18-26(3)15-8-9-16-27(4)19-12-21-29(6)22-13-23-30(7)24-31/h25-30H,8-24,31H2,1-7H3. The molecule has 0 bridgehead atoms. The summed E-state index contributed by atoms with van der Waals surface area (Å²) in [5, 5.41) is 0. The van der Waals surface area contributed by atoms with Crippen molar-refractivity contribution in [1.29, 1.82) is 0 Å². The fourth-order valence-corrected chi connectivity index (χ4v) is 5.00. The van der Waals surface area contributed by atoms with Gasteiger partial charge in [0, 0.05) is 0 Å². The summed E-state index contributed by atoms with van der Waals surface area (Å²) in [4.78, 5) is 0. The maximum Gasteiger partial charge on any atom is -0.00515 e. The van der Waals surface area contributed by atoms with Gasteiger partial charge in [0.2, 0.25) is 0 Å². The third kappa shape index (κ3) is 21.6. The molecule has 5 unspecified atom stereocenters. The van der Waals surface area contributed by atoms with E-state index in [1.165, 1.54) is 103 Å². The van der Waals surface area contributed by atoms with E-state index in [4.69, 9.17) is 5.73 Å². The summed E-state index contributed by atoms with van der Waals surface area (Å²) < 4.78 is 0. The van der Waals surface area contributed by atoms with Gasteiger partial charge in [0.15, 0.2) is 0 Å². The van der Waals surface area contributed by atoms with Crippen LogP contribution < -0.4 is 5.73 Å². The number of rotatable bonds is 22. The highest BCUT2D eigenvalue weighted by atomic mass is 14.5. The Morgan fingerprint density at radius 1 is 0.355 bits per heavy atom. The summed E-state index contributed by atoms with van der Waals surface area (Å²) in [6.45, 7) is 17.7. The lowest BCUT2D eigenvalue weighted by Gasteiger charge is -2.16. The van der Waals surface area contributed by atoms with Crippen molar-refractivity contribution in [3.8, 4) is 0 Å². The Morgan fingerprint density at radius 3 is 0.903 bits per heavy atom. The fourth-order valence-electron chi connectivity index (χ4n) is 5.00. The first kappa shape index (κ1) is 31.0. The Morgan fingerprint density at radius 2 is 0.613 bits per heavy atom. The molecule has 0 aliphatic rings.